The zero-order chi connectivity index (χ0) is 11.9. The molecule has 0 aliphatic carbocycles. The minimum Gasteiger partial charge on any atom is -0.485 e. The number of hydrogen-bond acceptors (Lipinski definition) is 2. The van der Waals surface area contributed by atoms with Crippen molar-refractivity contribution < 1.29 is 9.13 Å². The Morgan fingerprint density at radius 2 is 2.00 bits per heavy atom. The van der Waals surface area contributed by atoms with Gasteiger partial charge in [0.25, 0.3) is 0 Å². The monoisotopic (exact) mass is 255 g/mol. The number of piperidine rings is 1. The zero-order valence-corrected chi connectivity index (χ0v) is 10.3. The molecule has 92 valence electrons. The van der Waals surface area contributed by atoms with Crippen molar-refractivity contribution in [2.24, 2.45) is 0 Å². The number of halogens is 2. The second kappa shape index (κ2) is 4.14. The quantitative estimate of drug-likeness (QED) is 0.770. The Morgan fingerprint density at radius 3 is 2.76 bits per heavy atom. The number of benzene rings is 1. The molecule has 1 saturated heterocycles. The van der Waals surface area contributed by atoms with E-state index in [1.807, 2.05) is 0 Å². The Balaban J connectivity index is 1.94. The van der Waals surface area contributed by atoms with Crippen LogP contribution in [0.15, 0.2) is 12.1 Å². The average molecular weight is 256 g/mol. The molecule has 1 aromatic carbocycles. The molecule has 1 N–H and O–H groups in total. The number of aryl methyl sites for hydroxylation is 1. The smallest absolute Gasteiger partial charge is 0.142 e. The van der Waals surface area contributed by atoms with E-state index in [0.717, 1.165) is 44.3 Å². The van der Waals surface area contributed by atoms with Crippen molar-refractivity contribution in [3.8, 4) is 5.75 Å². The lowest BCUT2D eigenvalue weighted by molar-refractivity contribution is 0.0169. The first-order chi connectivity index (χ1) is 8.19. The van der Waals surface area contributed by atoms with E-state index in [0.29, 0.717) is 10.8 Å². The van der Waals surface area contributed by atoms with Gasteiger partial charge < -0.3 is 10.1 Å². The molecular formula is C13H15ClFNO. The second-order valence-corrected chi connectivity index (χ2v) is 5.32. The van der Waals surface area contributed by atoms with Crippen molar-refractivity contribution in [1.29, 1.82) is 0 Å². The molecule has 0 saturated carbocycles. The van der Waals surface area contributed by atoms with Gasteiger partial charge in [0.05, 0.1) is 5.02 Å². The summed E-state index contributed by atoms with van der Waals surface area (Å²) in [6.07, 6.45) is 3.81. The average Bonchev–Trinajstić information content (AvgIpc) is 2.32. The minimum atomic E-state index is -0.279. The van der Waals surface area contributed by atoms with Crippen molar-refractivity contribution in [2.45, 2.75) is 31.3 Å². The van der Waals surface area contributed by atoms with Crippen LogP contribution < -0.4 is 10.1 Å². The fourth-order valence-corrected chi connectivity index (χ4v) is 3.04. The summed E-state index contributed by atoms with van der Waals surface area (Å²) < 4.78 is 19.3. The lowest BCUT2D eigenvalue weighted by Gasteiger charge is -2.42. The Bertz CT molecular complexity index is 443. The topological polar surface area (TPSA) is 21.3 Å². The first kappa shape index (κ1) is 11.3. The van der Waals surface area contributed by atoms with Gasteiger partial charge in [-0.1, -0.05) is 11.6 Å². The molecule has 17 heavy (non-hydrogen) atoms. The molecule has 0 bridgehead atoms. The van der Waals surface area contributed by atoms with E-state index < -0.39 is 0 Å². The first-order valence-electron chi connectivity index (χ1n) is 6.06. The van der Waals surface area contributed by atoms with E-state index in [9.17, 15) is 4.39 Å². The van der Waals surface area contributed by atoms with Crippen LogP contribution in [0, 0.1) is 5.82 Å². The third-order valence-corrected chi connectivity index (χ3v) is 4.05. The molecule has 0 aromatic heterocycles. The standard InChI is InChI=1S/C13H15ClFNO/c14-11-8-10(15)7-9-1-2-13(17-12(9)11)3-5-16-6-4-13/h7-8,16H,1-6H2. The van der Waals surface area contributed by atoms with Gasteiger partial charge in [-0.2, -0.15) is 0 Å². The molecule has 1 aromatic rings. The molecule has 3 rings (SSSR count). The highest BCUT2D eigenvalue weighted by Crippen LogP contribution is 2.42. The molecule has 2 heterocycles. The fourth-order valence-electron chi connectivity index (χ4n) is 2.78. The number of fused-ring (bicyclic) bond motifs is 1. The van der Waals surface area contributed by atoms with Crippen LogP contribution in [0.5, 0.6) is 5.75 Å². The summed E-state index contributed by atoms with van der Waals surface area (Å²) in [5.41, 5.74) is 0.818. The maximum atomic E-state index is 13.2. The number of rotatable bonds is 0. The van der Waals surface area contributed by atoms with Crippen LogP contribution in [0.25, 0.3) is 0 Å². The van der Waals surface area contributed by atoms with Gasteiger partial charge in [-0.15, -0.1) is 0 Å². The van der Waals surface area contributed by atoms with Gasteiger partial charge in [0.1, 0.15) is 17.2 Å². The SMILES string of the molecule is Fc1cc(Cl)c2c(c1)CCC1(CCNCC1)O2. The summed E-state index contributed by atoms with van der Waals surface area (Å²) in [5, 5.41) is 3.73. The van der Waals surface area contributed by atoms with Gasteiger partial charge in [0.2, 0.25) is 0 Å². The summed E-state index contributed by atoms with van der Waals surface area (Å²) in [7, 11) is 0. The molecule has 2 aliphatic heterocycles. The van der Waals surface area contributed by atoms with Crippen LogP contribution in [-0.2, 0) is 6.42 Å². The summed E-state index contributed by atoms with van der Waals surface area (Å²) in [5.74, 6) is 0.417. The maximum Gasteiger partial charge on any atom is 0.142 e. The summed E-state index contributed by atoms with van der Waals surface area (Å²) >= 11 is 6.07. The molecule has 1 spiro atoms. The Hall–Kier alpha value is -0.800. The molecule has 1 fully saturated rings. The highest BCUT2D eigenvalue weighted by Gasteiger charge is 2.38. The summed E-state index contributed by atoms with van der Waals surface area (Å²) in [6.45, 7) is 1.96. The van der Waals surface area contributed by atoms with Crippen LogP contribution in [0.1, 0.15) is 24.8 Å². The van der Waals surface area contributed by atoms with Crippen molar-refractivity contribution >= 4 is 11.6 Å². The van der Waals surface area contributed by atoms with Crippen LogP contribution >= 0.6 is 11.6 Å². The second-order valence-electron chi connectivity index (χ2n) is 4.91. The Labute approximate surface area is 105 Å². The highest BCUT2D eigenvalue weighted by molar-refractivity contribution is 6.32. The molecular weight excluding hydrogens is 241 g/mol. The maximum absolute atomic E-state index is 13.2. The van der Waals surface area contributed by atoms with Crippen LogP contribution in [-0.4, -0.2) is 18.7 Å². The summed E-state index contributed by atoms with van der Waals surface area (Å²) in [6, 6.07) is 2.87. The number of ether oxygens (including phenoxy) is 1. The Kier molecular flexibility index (Phi) is 2.75. The molecule has 0 amide bonds. The molecule has 2 aliphatic rings. The molecule has 2 nitrogen and oxygen atoms in total. The van der Waals surface area contributed by atoms with E-state index in [1.165, 1.54) is 12.1 Å². The Morgan fingerprint density at radius 1 is 1.24 bits per heavy atom. The molecule has 4 heteroatoms. The summed E-state index contributed by atoms with van der Waals surface area (Å²) in [4.78, 5) is 0. The van der Waals surface area contributed by atoms with Crippen molar-refractivity contribution in [2.75, 3.05) is 13.1 Å². The first-order valence-corrected chi connectivity index (χ1v) is 6.44. The fraction of sp³-hybridized carbons (Fsp3) is 0.538. The van der Waals surface area contributed by atoms with Gasteiger partial charge in [-0.3, -0.25) is 0 Å². The largest absolute Gasteiger partial charge is 0.485 e. The van der Waals surface area contributed by atoms with Crippen LogP contribution in [0.4, 0.5) is 4.39 Å². The van der Waals surface area contributed by atoms with Gasteiger partial charge >= 0.3 is 0 Å². The lowest BCUT2D eigenvalue weighted by Crippen LogP contribution is -2.48. The van der Waals surface area contributed by atoms with Crippen molar-refractivity contribution in [3.05, 3.63) is 28.5 Å². The van der Waals surface area contributed by atoms with Gasteiger partial charge in [0.15, 0.2) is 0 Å². The van der Waals surface area contributed by atoms with E-state index >= 15 is 0 Å². The van der Waals surface area contributed by atoms with E-state index in [-0.39, 0.29) is 11.4 Å². The van der Waals surface area contributed by atoms with Gasteiger partial charge in [-0.25, -0.2) is 4.39 Å². The predicted octanol–water partition coefficient (Wildman–Crippen LogP) is 2.93. The number of hydrogen-bond donors (Lipinski definition) is 1. The van der Waals surface area contributed by atoms with E-state index in [4.69, 9.17) is 16.3 Å². The third-order valence-electron chi connectivity index (χ3n) is 3.77. The van der Waals surface area contributed by atoms with Crippen molar-refractivity contribution in [3.63, 3.8) is 0 Å². The van der Waals surface area contributed by atoms with Gasteiger partial charge in [0, 0.05) is 0 Å². The third kappa shape index (κ3) is 2.02. The number of nitrogens with one attached hydrogen (secondary N) is 1. The molecule has 0 unspecified atom stereocenters. The van der Waals surface area contributed by atoms with Crippen LogP contribution in [0.2, 0.25) is 5.02 Å². The van der Waals surface area contributed by atoms with Crippen molar-refractivity contribution in [1.82, 2.24) is 5.32 Å². The highest BCUT2D eigenvalue weighted by atomic mass is 35.5. The minimum absolute atomic E-state index is 0.0836. The van der Waals surface area contributed by atoms with Gasteiger partial charge in [-0.05, 0) is 56.5 Å². The van der Waals surface area contributed by atoms with Crippen LogP contribution in [0.3, 0.4) is 0 Å². The lowest BCUT2D eigenvalue weighted by atomic mass is 9.84. The predicted molar refractivity (Wildman–Crippen MR) is 65.2 cm³/mol. The molecule has 0 radical (unpaired) electrons. The zero-order valence-electron chi connectivity index (χ0n) is 9.56. The van der Waals surface area contributed by atoms with E-state index in [1.54, 1.807) is 0 Å². The van der Waals surface area contributed by atoms with E-state index in [2.05, 4.69) is 5.32 Å². The molecule has 0 atom stereocenters. The normalized spacial score (nSPS) is 22.0.